The fourth-order valence-corrected chi connectivity index (χ4v) is 3.99. The van der Waals surface area contributed by atoms with Gasteiger partial charge in [-0.2, -0.15) is 0 Å². The van der Waals surface area contributed by atoms with Gasteiger partial charge in [0.1, 0.15) is 11.6 Å². The predicted molar refractivity (Wildman–Crippen MR) is 87.5 cm³/mol. The minimum atomic E-state index is -0.264. The molecule has 0 bridgehead atoms. The minimum absolute atomic E-state index is 0.216. The molecule has 2 aliphatic rings. The molecule has 5 heteroatoms. The van der Waals surface area contributed by atoms with Gasteiger partial charge in [0.2, 0.25) is 5.91 Å². The van der Waals surface area contributed by atoms with Gasteiger partial charge < -0.3 is 9.32 Å². The van der Waals surface area contributed by atoms with E-state index in [1.165, 1.54) is 12.1 Å². The normalized spacial score (nSPS) is 24.4. The lowest BCUT2D eigenvalue weighted by Gasteiger charge is -2.23. The summed E-state index contributed by atoms with van der Waals surface area (Å²) in [6.45, 7) is 3.71. The molecule has 1 atom stereocenters. The van der Waals surface area contributed by atoms with Crippen molar-refractivity contribution in [2.75, 3.05) is 19.6 Å². The molecule has 2 aliphatic heterocycles. The third-order valence-corrected chi connectivity index (χ3v) is 5.26. The molecular weight excluding hydrogens is 307 g/mol. The Bertz CT molecular complexity index is 731. The Kier molecular flexibility index (Phi) is 3.88. The molecule has 0 unspecified atom stereocenters. The fourth-order valence-electron chi connectivity index (χ4n) is 3.99. The molecule has 1 aromatic carbocycles. The van der Waals surface area contributed by atoms with Gasteiger partial charge in [-0.15, -0.1) is 0 Å². The second-order valence-corrected chi connectivity index (χ2v) is 6.93. The van der Waals surface area contributed by atoms with Crippen LogP contribution in [0.25, 0.3) is 0 Å². The highest BCUT2D eigenvalue weighted by molar-refractivity contribution is 5.85. The zero-order chi connectivity index (χ0) is 16.6. The maximum atomic E-state index is 13.3. The van der Waals surface area contributed by atoms with Gasteiger partial charge in [0.05, 0.1) is 18.2 Å². The Labute approximate surface area is 140 Å². The number of amides is 1. The van der Waals surface area contributed by atoms with Crippen LogP contribution in [0.4, 0.5) is 4.39 Å². The van der Waals surface area contributed by atoms with E-state index in [0.717, 1.165) is 50.3 Å². The van der Waals surface area contributed by atoms with Crippen LogP contribution in [0.15, 0.2) is 47.1 Å². The van der Waals surface area contributed by atoms with Crippen LogP contribution in [0.1, 0.15) is 24.2 Å². The van der Waals surface area contributed by atoms with Crippen LogP contribution < -0.4 is 0 Å². The fraction of sp³-hybridized carbons (Fsp3) is 0.421. The van der Waals surface area contributed by atoms with Gasteiger partial charge in [-0.05, 0) is 49.2 Å². The van der Waals surface area contributed by atoms with Gasteiger partial charge in [0, 0.05) is 19.6 Å². The van der Waals surface area contributed by atoms with E-state index in [2.05, 4.69) is 4.90 Å². The summed E-state index contributed by atoms with van der Waals surface area (Å²) in [4.78, 5) is 17.1. The van der Waals surface area contributed by atoms with Crippen LogP contribution in [-0.4, -0.2) is 35.3 Å². The zero-order valence-electron chi connectivity index (χ0n) is 13.6. The van der Waals surface area contributed by atoms with Gasteiger partial charge in [0.15, 0.2) is 0 Å². The molecule has 2 aromatic rings. The number of hydrogen-bond donors (Lipinski definition) is 0. The highest BCUT2D eigenvalue weighted by atomic mass is 19.1. The molecule has 4 rings (SSSR count). The first-order valence-corrected chi connectivity index (χ1v) is 8.43. The summed E-state index contributed by atoms with van der Waals surface area (Å²) in [5.74, 6) is 0.905. The van der Waals surface area contributed by atoms with Crippen molar-refractivity contribution in [1.29, 1.82) is 0 Å². The second-order valence-electron chi connectivity index (χ2n) is 6.93. The van der Waals surface area contributed by atoms with Crippen molar-refractivity contribution in [3.05, 3.63) is 59.8 Å². The lowest BCUT2D eigenvalue weighted by atomic mass is 9.85. The number of carbonyl (C=O) groups is 1. The van der Waals surface area contributed by atoms with Crippen LogP contribution in [0.3, 0.4) is 0 Å². The minimum Gasteiger partial charge on any atom is -0.468 e. The summed E-state index contributed by atoms with van der Waals surface area (Å²) < 4.78 is 18.8. The summed E-state index contributed by atoms with van der Waals surface area (Å²) in [5, 5.41) is 0. The molecule has 3 heterocycles. The first kappa shape index (κ1) is 15.4. The smallest absolute Gasteiger partial charge is 0.230 e. The molecule has 2 fully saturated rings. The quantitative estimate of drug-likeness (QED) is 0.865. The van der Waals surface area contributed by atoms with Gasteiger partial charge >= 0.3 is 0 Å². The van der Waals surface area contributed by atoms with Gasteiger partial charge in [-0.25, -0.2) is 4.39 Å². The first-order chi connectivity index (χ1) is 11.6. The van der Waals surface area contributed by atoms with Crippen molar-refractivity contribution in [2.45, 2.75) is 25.9 Å². The molecule has 24 heavy (non-hydrogen) atoms. The summed E-state index contributed by atoms with van der Waals surface area (Å²) in [6.07, 6.45) is 3.46. The zero-order valence-corrected chi connectivity index (χ0v) is 13.6. The average Bonchev–Trinajstić information content (AvgIpc) is 3.27. The van der Waals surface area contributed by atoms with E-state index < -0.39 is 0 Å². The second kappa shape index (κ2) is 6.06. The predicted octanol–water partition coefficient (Wildman–Crippen LogP) is 3.04. The van der Waals surface area contributed by atoms with E-state index in [-0.39, 0.29) is 17.1 Å². The molecule has 0 radical (unpaired) electrons. The van der Waals surface area contributed by atoms with Gasteiger partial charge in [-0.3, -0.25) is 9.69 Å². The number of furan rings is 1. The molecule has 0 saturated carbocycles. The molecular formula is C19H21FN2O2. The van der Waals surface area contributed by atoms with Crippen molar-refractivity contribution >= 4 is 5.91 Å². The molecule has 126 valence electrons. The molecule has 1 spiro atoms. The SMILES string of the molecule is O=C1N(Cc2cccc(F)c2)CC[C@]12CCN(Cc1ccco1)C2. The van der Waals surface area contributed by atoms with Crippen LogP contribution in [0.2, 0.25) is 0 Å². The Balaban J connectivity index is 1.41. The van der Waals surface area contributed by atoms with Crippen LogP contribution in [-0.2, 0) is 17.9 Å². The Morgan fingerprint density at radius 3 is 2.79 bits per heavy atom. The van der Waals surface area contributed by atoms with E-state index in [4.69, 9.17) is 4.42 Å². The Hall–Kier alpha value is -2.14. The largest absolute Gasteiger partial charge is 0.468 e. The monoisotopic (exact) mass is 328 g/mol. The first-order valence-electron chi connectivity index (χ1n) is 8.43. The lowest BCUT2D eigenvalue weighted by Crippen LogP contribution is -2.36. The molecule has 1 aromatic heterocycles. The van der Waals surface area contributed by atoms with Crippen LogP contribution in [0.5, 0.6) is 0 Å². The highest BCUT2D eigenvalue weighted by Gasteiger charge is 2.50. The van der Waals surface area contributed by atoms with Crippen molar-refractivity contribution in [3.63, 3.8) is 0 Å². The van der Waals surface area contributed by atoms with E-state index in [1.54, 1.807) is 12.3 Å². The highest BCUT2D eigenvalue weighted by Crippen LogP contribution is 2.41. The molecule has 1 amide bonds. The van der Waals surface area contributed by atoms with Gasteiger partial charge in [-0.1, -0.05) is 12.1 Å². The van der Waals surface area contributed by atoms with Crippen molar-refractivity contribution < 1.29 is 13.6 Å². The number of nitrogens with zero attached hydrogens (tertiary/aromatic N) is 2. The van der Waals surface area contributed by atoms with E-state index in [9.17, 15) is 9.18 Å². The van der Waals surface area contributed by atoms with Crippen molar-refractivity contribution in [2.24, 2.45) is 5.41 Å². The number of hydrogen-bond acceptors (Lipinski definition) is 3. The topological polar surface area (TPSA) is 36.7 Å². The third kappa shape index (κ3) is 2.84. The van der Waals surface area contributed by atoms with Crippen molar-refractivity contribution in [3.8, 4) is 0 Å². The Morgan fingerprint density at radius 1 is 1.12 bits per heavy atom. The molecule has 0 N–H and O–H groups in total. The lowest BCUT2D eigenvalue weighted by molar-refractivity contribution is -0.136. The van der Waals surface area contributed by atoms with Crippen LogP contribution >= 0.6 is 0 Å². The summed E-state index contributed by atoms with van der Waals surface area (Å²) in [5.41, 5.74) is 0.589. The molecule has 2 saturated heterocycles. The molecule has 0 aliphatic carbocycles. The summed E-state index contributed by atoms with van der Waals surface area (Å²) >= 11 is 0. The summed E-state index contributed by atoms with van der Waals surface area (Å²) in [7, 11) is 0. The number of likely N-dealkylation sites (tertiary alicyclic amines) is 2. The number of benzene rings is 1. The van der Waals surface area contributed by atoms with E-state index in [1.807, 2.05) is 23.1 Å². The molecule has 4 nitrogen and oxygen atoms in total. The van der Waals surface area contributed by atoms with E-state index in [0.29, 0.717) is 6.54 Å². The Morgan fingerprint density at radius 2 is 2.00 bits per heavy atom. The summed E-state index contributed by atoms with van der Waals surface area (Å²) in [6, 6.07) is 10.4. The number of halogens is 1. The number of rotatable bonds is 4. The third-order valence-electron chi connectivity index (χ3n) is 5.26. The van der Waals surface area contributed by atoms with Crippen LogP contribution in [0, 0.1) is 11.2 Å². The maximum absolute atomic E-state index is 13.3. The van der Waals surface area contributed by atoms with E-state index >= 15 is 0 Å². The standard InChI is InChI=1S/C19H21FN2O2/c20-16-4-1-3-15(11-16)12-22-9-7-19(18(22)23)6-8-21(14-19)13-17-5-2-10-24-17/h1-5,10-11H,6-9,12-14H2/t19-/m0/s1. The average molecular weight is 328 g/mol. The van der Waals surface area contributed by atoms with Gasteiger partial charge in [0.25, 0.3) is 0 Å². The van der Waals surface area contributed by atoms with Crippen molar-refractivity contribution in [1.82, 2.24) is 9.80 Å². The maximum Gasteiger partial charge on any atom is 0.230 e. The number of carbonyl (C=O) groups excluding carboxylic acids is 1.